The number of ketones is 1. The van der Waals surface area contributed by atoms with Crippen molar-refractivity contribution in [3.05, 3.63) is 23.4 Å². The van der Waals surface area contributed by atoms with E-state index in [-0.39, 0.29) is 11.2 Å². The molecule has 0 radical (unpaired) electrons. The fourth-order valence-electron chi connectivity index (χ4n) is 2.89. The lowest BCUT2D eigenvalue weighted by Gasteiger charge is -2.32. The number of hydrogen-bond acceptors (Lipinski definition) is 4. The van der Waals surface area contributed by atoms with Crippen LogP contribution in [0.3, 0.4) is 0 Å². The highest BCUT2D eigenvalue weighted by Crippen LogP contribution is 2.34. The van der Waals surface area contributed by atoms with Gasteiger partial charge in [-0.25, -0.2) is 4.98 Å². The van der Waals surface area contributed by atoms with Crippen LogP contribution in [-0.4, -0.2) is 37.1 Å². The first-order valence-electron chi connectivity index (χ1n) is 6.91. The second-order valence-corrected chi connectivity index (χ2v) is 6.20. The Balaban J connectivity index is 1.92. The number of aromatic nitrogens is 1. The Morgan fingerprint density at radius 1 is 1.21 bits per heavy atom. The molecule has 1 aliphatic heterocycles. The third kappa shape index (κ3) is 2.50. The summed E-state index contributed by atoms with van der Waals surface area (Å²) in [7, 11) is 0. The molecular weight excluding hydrogens is 240 g/mol. The maximum absolute atomic E-state index is 12.1. The molecule has 102 valence electrons. The van der Waals surface area contributed by atoms with Crippen LogP contribution in [0.25, 0.3) is 0 Å². The Morgan fingerprint density at radius 2 is 1.95 bits per heavy atom. The average Bonchev–Trinajstić information content (AvgIpc) is 2.37. The summed E-state index contributed by atoms with van der Waals surface area (Å²) in [5, 5.41) is 0. The summed E-state index contributed by atoms with van der Waals surface area (Å²) < 4.78 is 5.36. The lowest BCUT2D eigenvalue weighted by atomic mass is 9.76. The number of morpholine rings is 1. The maximum atomic E-state index is 12.1. The van der Waals surface area contributed by atoms with E-state index in [2.05, 4.69) is 18.7 Å². The maximum Gasteiger partial charge on any atom is 0.165 e. The van der Waals surface area contributed by atoms with Gasteiger partial charge < -0.3 is 9.64 Å². The number of carbonyl (C=O) groups excluding carboxylic acids is 1. The van der Waals surface area contributed by atoms with Crippen molar-refractivity contribution in [2.24, 2.45) is 5.41 Å². The number of pyridine rings is 1. The first-order chi connectivity index (χ1) is 9.05. The topological polar surface area (TPSA) is 42.4 Å². The molecule has 1 saturated heterocycles. The van der Waals surface area contributed by atoms with E-state index >= 15 is 0 Å². The molecule has 1 aliphatic carbocycles. The SMILES string of the molecule is CC1(C)CC(=O)c2ccc(N3CCOCC3)nc2C1. The van der Waals surface area contributed by atoms with E-state index in [9.17, 15) is 4.79 Å². The number of nitrogens with zero attached hydrogens (tertiary/aromatic N) is 2. The number of Topliss-reactive ketones (excluding diaryl/α,β-unsaturated/α-hetero) is 1. The van der Waals surface area contributed by atoms with E-state index in [1.807, 2.05) is 12.1 Å². The van der Waals surface area contributed by atoms with Crippen molar-refractivity contribution in [1.29, 1.82) is 0 Å². The van der Waals surface area contributed by atoms with E-state index in [4.69, 9.17) is 9.72 Å². The molecule has 0 saturated carbocycles. The lowest BCUT2D eigenvalue weighted by Crippen LogP contribution is -2.37. The average molecular weight is 260 g/mol. The van der Waals surface area contributed by atoms with Gasteiger partial charge in [-0.05, 0) is 24.0 Å². The van der Waals surface area contributed by atoms with Crippen molar-refractivity contribution in [2.75, 3.05) is 31.2 Å². The zero-order valence-electron chi connectivity index (χ0n) is 11.6. The van der Waals surface area contributed by atoms with Crippen LogP contribution in [0.1, 0.15) is 36.3 Å². The summed E-state index contributed by atoms with van der Waals surface area (Å²) in [6.45, 7) is 7.53. The quantitative estimate of drug-likeness (QED) is 0.775. The first-order valence-corrected chi connectivity index (χ1v) is 6.91. The summed E-state index contributed by atoms with van der Waals surface area (Å²) in [6.07, 6.45) is 1.50. The van der Waals surface area contributed by atoms with Crippen LogP contribution in [0.15, 0.2) is 12.1 Å². The van der Waals surface area contributed by atoms with Gasteiger partial charge in [0.15, 0.2) is 5.78 Å². The lowest BCUT2D eigenvalue weighted by molar-refractivity contribution is 0.0910. The van der Waals surface area contributed by atoms with Gasteiger partial charge >= 0.3 is 0 Å². The van der Waals surface area contributed by atoms with Gasteiger partial charge in [0, 0.05) is 25.1 Å². The highest BCUT2D eigenvalue weighted by Gasteiger charge is 2.32. The van der Waals surface area contributed by atoms with Gasteiger partial charge in [-0.15, -0.1) is 0 Å². The summed E-state index contributed by atoms with van der Waals surface area (Å²) >= 11 is 0. The number of carbonyl (C=O) groups is 1. The normalized spacial score (nSPS) is 22.2. The van der Waals surface area contributed by atoms with Crippen LogP contribution < -0.4 is 4.90 Å². The summed E-state index contributed by atoms with van der Waals surface area (Å²) in [5.74, 6) is 1.21. The minimum absolute atomic E-state index is 0.0285. The Hall–Kier alpha value is -1.42. The van der Waals surface area contributed by atoms with Crippen LogP contribution in [0.2, 0.25) is 0 Å². The molecule has 0 amide bonds. The zero-order valence-corrected chi connectivity index (χ0v) is 11.6. The summed E-state index contributed by atoms with van der Waals surface area (Å²) in [5.41, 5.74) is 1.81. The molecule has 0 aromatic carbocycles. The summed E-state index contributed by atoms with van der Waals surface area (Å²) in [4.78, 5) is 19.1. The molecule has 3 rings (SSSR count). The van der Waals surface area contributed by atoms with Gasteiger partial charge in [0.05, 0.1) is 18.9 Å². The molecule has 2 aliphatic rings. The van der Waals surface area contributed by atoms with Crippen LogP contribution in [0, 0.1) is 5.41 Å². The Morgan fingerprint density at radius 3 is 2.68 bits per heavy atom. The molecule has 4 heteroatoms. The molecular formula is C15H20N2O2. The van der Waals surface area contributed by atoms with Gasteiger partial charge in [0.1, 0.15) is 5.82 Å². The first kappa shape index (κ1) is 12.6. The predicted molar refractivity (Wildman–Crippen MR) is 73.7 cm³/mol. The van der Waals surface area contributed by atoms with Crippen molar-refractivity contribution in [3.63, 3.8) is 0 Å². The van der Waals surface area contributed by atoms with Crippen molar-refractivity contribution in [3.8, 4) is 0 Å². The van der Waals surface area contributed by atoms with Crippen LogP contribution in [0.4, 0.5) is 5.82 Å². The number of ether oxygens (including phenoxy) is 1. The Kier molecular flexibility index (Phi) is 3.05. The molecule has 1 aromatic rings. The molecule has 0 spiro atoms. The Bertz CT molecular complexity index is 505. The van der Waals surface area contributed by atoms with Crippen molar-refractivity contribution in [1.82, 2.24) is 4.98 Å². The zero-order chi connectivity index (χ0) is 13.5. The predicted octanol–water partition coefficient (Wildman–Crippen LogP) is 2.07. The molecule has 0 N–H and O–H groups in total. The highest BCUT2D eigenvalue weighted by atomic mass is 16.5. The van der Waals surface area contributed by atoms with E-state index in [1.54, 1.807) is 0 Å². The molecule has 0 bridgehead atoms. The monoisotopic (exact) mass is 260 g/mol. The fourth-order valence-corrected chi connectivity index (χ4v) is 2.89. The van der Waals surface area contributed by atoms with Gasteiger partial charge in [-0.3, -0.25) is 4.79 Å². The van der Waals surface area contributed by atoms with E-state index in [0.717, 1.165) is 49.8 Å². The van der Waals surface area contributed by atoms with E-state index in [1.165, 1.54) is 0 Å². The molecule has 19 heavy (non-hydrogen) atoms. The second kappa shape index (κ2) is 4.60. The number of fused-ring (bicyclic) bond motifs is 1. The largest absolute Gasteiger partial charge is 0.378 e. The molecule has 0 unspecified atom stereocenters. The minimum atomic E-state index is 0.0285. The van der Waals surface area contributed by atoms with Crippen LogP contribution in [0.5, 0.6) is 0 Å². The van der Waals surface area contributed by atoms with Gasteiger partial charge in [-0.1, -0.05) is 13.8 Å². The van der Waals surface area contributed by atoms with Crippen molar-refractivity contribution in [2.45, 2.75) is 26.7 Å². The molecule has 0 atom stereocenters. The number of rotatable bonds is 1. The van der Waals surface area contributed by atoms with Crippen molar-refractivity contribution < 1.29 is 9.53 Å². The van der Waals surface area contributed by atoms with Gasteiger partial charge in [0.2, 0.25) is 0 Å². The van der Waals surface area contributed by atoms with E-state index < -0.39 is 0 Å². The summed E-state index contributed by atoms with van der Waals surface area (Å²) in [6, 6.07) is 3.92. The molecule has 1 fully saturated rings. The van der Waals surface area contributed by atoms with Crippen LogP contribution >= 0.6 is 0 Å². The highest BCUT2D eigenvalue weighted by molar-refractivity contribution is 5.98. The minimum Gasteiger partial charge on any atom is -0.378 e. The van der Waals surface area contributed by atoms with Gasteiger partial charge in [-0.2, -0.15) is 0 Å². The van der Waals surface area contributed by atoms with E-state index in [0.29, 0.717) is 6.42 Å². The third-order valence-corrected chi connectivity index (χ3v) is 3.88. The van der Waals surface area contributed by atoms with Crippen molar-refractivity contribution >= 4 is 11.6 Å². The van der Waals surface area contributed by atoms with Crippen LogP contribution in [-0.2, 0) is 11.2 Å². The standard InChI is InChI=1S/C15H20N2O2/c1-15(2)9-12-11(13(18)10-15)3-4-14(16-12)17-5-7-19-8-6-17/h3-4H,5-10H2,1-2H3. The Labute approximate surface area is 113 Å². The second-order valence-electron chi connectivity index (χ2n) is 6.20. The number of hydrogen-bond donors (Lipinski definition) is 0. The fraction of sp³-hybridized carbons (Fsp3) is 0.600. The number of anilines is 1. The smallest absolute Gasteiger partial charge is 0.165 e. The van der Waals surface area contributed by atoms with Gasteiger partial charge in [0.25, 0.3) is 0 Å². The molecule has 2 heterocycles. The molecule has 4 nitrogen and oxygen atoms in total. The molecule has 1 aromatic heterocycles. The third-order valence-electron chi connectivity index (χ3n) is 3.88.